The Labute approximate surface area is 138 Å². The fourth-order valence-electron chi connectivity index (χ4n) is 1.68. The van der Waals surface area contributed by atoms with Crippen molar-refractivity contribution in [2.24, 2.45) is 0 Å². The monoisotopic (exact) mass is 338 g/mol. The van der Waals surface area contributed by atoms with Gasteiger partial charge in [-0.1, -0.05) is 19.1 Å². The second-order valence-electron chi connectivity index (χ2n) is 4.03. The Kier molecular flexibility index (Phi) is 9.53. The number of hydrogen-bond acceptors (Lipinski definition) is 8. The predicted octanol–water partition coefficient (Wildman–Crippen LogP) is 0.403. The maximum atomic E-state index is 12.0. The van der Waals surface area contributed by atoms with Gasteiger partial charge in [-0.15, -0.1) is 13.2 Å². The van der Waals surface area contributed by atoms with Crippen LogP contribution < -0.4 is 0 Å². The molecule has 0 saturated heterocycles. The minimum Gasteiger partial charge on any atom is -0.388 e. The highest BCUT2D eigenvalue weighted by Crippen LogP contribution is 2.18. The van der Waals surface area contributed by atoms with Gasteiger partial charge in [-0.2, -0.15) is 0 Å². The maximum absolute atomic E-state index is 12.0. The van der Waals surface area contributed by atoms with Crippen LogP contribution in [0.2, 0.25) is 0 Å². The fraction of sp³-hybridized carbons (Fsp3) is 0.250. The van der Waals surface area contributed by atoms with Crippen LogP contribution in [0, 0.1) is 0 Å². The van der Waals surface area contributed by atoms with Crippen molar-refractivity contribution in [2.45, 2.75) is 13.3 Å². The molecule has 0 unspecified atom stereocenters. The summed E-state index contributed by atoms with van der Waals surface area (Å²) in [6, 6.07) is 4.21. The molecule has 0 heterocycles. The number of ether oxygens (including phenoxy) is 2. The molecule has 0 bridgehead atoms. The maximum Gasteiger partial charge on any atom is 0.347 e. The van der Waals surface area contributed by atoms with Crippen LogP contribution in [0.25, 0.3) is 0 Å². The van der Waals surface area contributed by atoms with E-state index in [9.17, 15) is 19.2 Å². The minimum absolute atomic E-state index is 0.234. The second kappa shape index (κ2) is 10.8. The lowest BCUT2D eigenvalue weighted by atomic mass is 9.99. The summed E-state index contributed by atoms with van der Waals surface area (Å²) in [6.07, 6.45) is 0.340. The number of aliphatic hydroxyl groups is 2. The Morgan fingerprint density at radius 2 is 1.46 bits per heavy atom. The molecule has 1 rings (SSSR count). The Morgan fingerprint density at radius 3 is 1.92 bits per heavy atom. The Balaban J connectivity index is 0.00000254. The normalized spacial score (nSPS) is 9.29. The van der Waals surface area contributed by atoms with Crippen LogP contribution in [-0.4, -0.2) is 47.3 Å². The molecule has 0 saturated carbocycles. The van der Waals surface area contributed by atoms with Gasteiger partial charge in [-0.25, -0.2) is 19.2 Å². The number of carbonyl (C=O) groups is 4. The third kappa shape index (κ3) is 5.75. The second-order valence-corrected chi connectivity index (χ2v) is 4.03. The Bertz CT molecular complexity index is 621. The van der Waals surface area contributed by atoms with Crippen LogP contribution in [0.1, 0.15) is 33.2 Å². The molecule has 0 fully saturated rings. The van der Waals surface area contributed by atoms with E-state index in [0.29, 0.717) is 12.0 Å². The summed E-state index contributed by atoms with van der Waals surface area (Å²) in [5, 5.41) is 17.2. The molecule has 24 heavy (non-hydrogen) atoms. The number of carbonyl (C=O) groups excluding carboxylic acids is 4. The molecule has 0 spiro atoms. The van der Waals surface area contributed by atoms with Crippen molar-refractivity contribution in [2.75, 3.05) is 13.2 Å². The molecule has 0 aromatic heterocycles. The molecular formula is C16H18O8. The van der Waals surface area contributed by atoms with Gasteiger partial charge in [0.1, 0.15) is 13.2 Å². The summed E-state index contributed by atoms with van der Waals surface area (Å²) >= 11 is 0. The summed E-state index contributed by atoms with van der Waals surface area (Å²) < 4.78 is 8.72. The van der Waals surface area contributed by atoms with Gasteiger partial charge in [0, 0.05) is 0 Å². The van der Waals surface area contributed by atoms with Crippen LogP contribution in [0.15, 0.2) is 31.4 Å². The molecule has 0 atom stereocenters. The van der Waals surface area contributed by atoms with E-state index in [1.165, 1.54) is 18.2 Å². The molecule has 0 aliphatic heterocycles. The van der Waals surface area contributed by atoms with Gasteiger partial charge in [-0.05, 0) is 18.1 Å². The van der Waals surface area contributed by atoms with Crippen molar-refractivity contribution < 1.29 is 38.9 Å². The topological polar surface area (TPSA) is 127 Å². The minimum atomic E-state index is -1.18. The molecular weight excluding hydrogens is 320 g/mol. The molecule has 0 aliphatic carbocycles. The summed E-state index contributed by atoms with van der Waals surface area (Å²) in [4.78, 5) is 45.8. The van der Waals surface area contributed by atoms with Crippen molar-refractivity contribution in [1.82, 2.24) is 0 Å². The van der Waals surface area contributed by atoms with Gasteiger partial charge in [0.2, 0.25) is 0 Å². The number of benzene rings is 1. The van der Waals surface area contributed by atoms with Crippen LogP contribution in [-0.2, 0) is 25.5 Å². The van der Waals surface area contributed by atoms with E-state index in [0.717, 1.165) is 0 Å². The zero-order chi connectivity index (χ0) is 18.7. The molecule has 1 aromatic carbocycles. The molecule has 8 heteroatoms. The number of aryl methyl sites for hydroxylation is 1. The fourth-order valence-corrected chi connectivity index (χ4v) is 1.68. The summed E-state index contributed by atoms with van der Waals surface area (Å²) in [5.74, 6) is -4.66. The average molecular weight is 338 g/mol. The van der Waals surface area contributed by atoms with Crippen LogP contribution in [0.4, 0.5) is 0 Å². The number of aliphatic hydroxyl groups excluding tert-OH is 2. The SMILES string of the molecule is C=C.CCc1cccc(C(=O)OC(=O)CO)c1C(=O)OC(=O)CO. The third-order valence-corrected chi connectivity index (χ3v) is 2.63. The van der Waals surface area contributed by atoms with Crippen molar-refractivity contribution in [3.05, 3.63) is 48.0 Å². The van der Waals surface area contributed by atoms with Gasteiger partial charge in [0.05, 0.1) is 11.1 Å². The summed E-state index contributed by atoms with van der Waals surface area (Å²) in [5.41, 5.74) is -0.124. The van der Waals surface area contributed by atoms with Gasteiger partial charge in [0.15, 0.2) is 0 Å². The number of esters is 4. The van der Waals surface area contributed by atoms with E-state index in [1.807, 2.05) is 0 Å². The quantitative estimate of drug-likeness (QED) is 0.449. The molecule has 8 nitrogen and oxygen atoms in total. The van der Waals surface area contributed by atoms with Crippen LogP contribution >= 0.6 is 0 Å². The van der Waals surface area contributed by atoms with Gasteiger partial charge < -0.3 is 19.7 Å². The van der Waals surface area contributed by atoms with E-state index in [2.05, 4.69) is 22.6 Å². The molecule has 1 aromatic rings. The highest BCUT2D eigenvalue weighted by atomic mass is 16.6. The molecule has 0 aliphatic rings. The number of rotatable bonds is 5. The molecule has 130 valence electrons. The lowest BCUT2D eigenvalue weighted by Crippen LogP contribution is -2.22. The van der Waals surface area contributed by atoms with Gasteiger partial charge in [0.25, 0.3) is 0 Å². The highest BCUT2D eigenvalue weighted by Gasteiger charge is 2.25. The van der Waals surface area contributed by atoms with Crippen LogP contribution in [0.5, 0.6) is 0 Å². The average Bonchev–Trinajstić information content (AvgIpc) is 2.61. The third-order valence-electron chi connectivity index (χ3n) is 2.63. The van der Waals surface area contributed by atoms with E-state index >= 15 is 0 Å². The zero-order valence-corrected chi connectivity index (χ0v) is 13.1. The van der Waals surface area contributed by atoms with E-state index in [1.54, 1.807) is 6.92 Å². The largest absolute Gasteiger partial charge is 0.388 e. The van der Waals surface area contributed by atoms with E-state index < -0.39 is 37.1 Å². The first-order valence-electron chi connectivity index (χ1n) is 6.78. The van der Waals surface area contributed by atoms with Crippen molar-refractivity contribution in [3.8, 4) is 0 Å². The predicted molar refractivity (Wildman–Crippen MR) is 82.1 cm³/mol. The lowest BCUT2D eigenvalue weighted by Gasteiger charge is -2.11. The van der Waals surface area contributed by atoms with E-state index in [4.69, 9.17) is 10.2 Å². The van der Waals surface area contributed by atoms with Crippen molar-refractivity contribution in [1.29, 1.82) is 0 Å². The number of hydrogen-bond donors (Lipinski definition) is 2. The first kappa shape index (κ1) is 21.2. The first-order valence-corrected chi connectivity index (χ1v) is 6.78. The molecule has 2 N–H and O–H groups in total. The first-order chi connectivity index (χ1) is 11.4. The molecule has 0 radical (unpaired) electrons. The Morgan fingerprint density at radius 1 is 0.958 bits per heavy atom. The van der Waals surface area contributed by atoms with Crippen LogP contribution in [0.3, 0.4) is 0 Å². The van der Waals surface area contributed by atoms with Gasteiger partial charge in [-0.3, -0.25) is 0 Å². The summed E-state index contributed by atoms with van der Waals surface area (Å²) in [6.45, 7) is 5.71. The van der Waals surface area contributed by atoms with Crippen molar-refractivity contribution in [3.63, 3.8) is 0 Å². The molecule has 0 amide bonds. The highest BCUT2D eigenvalue weighted by molar-refractivity contribution is 6.08. The van der Waals surface area contributed by atoms with E-state index in [-0.39, 0.29) is 11.1 Å². The Hall–Kier alpha value is -2.84. The summed E-state index contributed by atoms with van der Waals surface area (Å²) in [7, 11) is 0. The lowest BCUT2D eigenvalue weighted by molar-refractivity contribution is -0.142. The smallest absolute Gasteiger partial charge is 0.347 e. The zero-order valence-electron chi connectivity index (χ0n) is 13.1. The standard InChI is InChI=1S/C14H14O8.C2H4/c1-2-8-4-3-5-9(13(19)21-10(17)6-15)12(8)14(20)22-11(18)7-16;1-2/h3-5,15-16H,2,6-7H2,1H3;1-2H2. The van der Waals surface area contributed by atoms with Crippen molar-refractivity contribution >= 4 is 23.9 Å². The van der Waals surface area contributed by atoms with Gasteiger partial charge >= 0.3 is 23.9 Å².